The van der Waals surface area contributed by atoms with E-state index in [1.165, 1.54) is 11.8 Å². The number of fused-ring (bicyclic) bond motifs is 1. The first kappa shape index (κ1) is 12.3. The lowest BCUT2D eigenvalue weighted by atomic mass is 10.0. The summed E-state index contributed by atoms with van der Waals surface area (Å²) in [6, 6.07) is 13.7. The van der Waals surface area contributed by atoms with Crippen molar-refractivity contribution in [3.63, 3.8) is 0 Å². The van der Waals surface area contributed by atoms with Crippen molar-refractivity contribution in [1.29, 1.82) is 0 Å². The molecule has 86 valence electrons. The average molecular weight is 260 g/mol. The molecule has 1 nitrogen and oxygen atoms in total. The van der Waals surface area contributed by atoms with Gasteiger partial charge in [0.15, 0.2) is 5.78 Å². The Bertz CT molecular complexity index is 570. The first-order valence-corrected chi connectivity index (χ1v) is 6.93. The summed E-state index contributed by atoms with van der Waals surface area (Å²) in [4.78, 5) is 12.1. The third-order valence-electron chi connectivity index (χ3n) is 2.62. The van der Waals surface area contributed by atoms with Gasteiger partial charge in [0.25, 0.3) is 0 Å². The zero-order chi connectivity index (χ0) is 12.3. The molecule has 17 heavy (non-hydrogen) atoms. The molecule has 0 atom stereocenters. The summed E-state index contributed by atoms with van der Waals surface area (Å²) in [7, 11) is 0. The highest BCUT2D eigenvalue weighted by atomic mass is 32.2. The van der Waals surface area contributed by atoms with Crippen LogP contribution < -0.4 is 0 Å². The second-order valence-electron chi connectivity index (χ2n) is 3.70. The van der Waals surface area contributed by atoms with Gasteiger partial charge in [-0.25, -0.2) is 0 Å². The molecule has 0 heterocycles. The Balaban J connectivity index is 2.41. The van der Waals surface area contributed by atoms with Gasteiger partial charge >= 0.3 is 0 Å². The van der Waals surface area contributed by atoms with Gasteiger partial charge in [-0.3, -0.25) is 4.79 Å². The van der Waals surface area contributed by atoms with E-state index in [4.69, 9.17) is 12.2 Å². The predicted molar refractivity (Wildman–Crippen MR) is 79.0 cm³/mol. The van der Waals surface area contributed by atoms with Crippen molar-refractivity contribution in [2.24, 2.45) is 0 Å². The summed E-state index contributed by atoms with van der Waals surface area (Å²) in [6.45, 7) is 0. The fourth-order valence-electron chi connectivity index (χ4n) is 1.77. The van der Waals surface area contributed by atoms with Crippen LogP contribution >= 0.6 is 24.0 Å². The number of thiocarbonyl (C=S) groups is 1. The first-order valence-electron chi connectivity index (χ1n) is 5.30. The summed E-state index contributed by atoms with van der Waals surface area (Å²) in [5, 5.41) is 2.09. The topological polar surface area (TPSA) is 17.1 Å². The summed E-state index contributed by atoms with van der Waals surface area (Å²) >= 11 is 6.56. The Hall–Kier alpha value is -1.19. The number of hydrogen-bond donors (Lipinski definition) is 0. The number of rotatable bonds is 3. The van der Waals surface area contributed by atoms with E-state index >= 15 is 0 Å². The normalized spacial score (nSPS) is 10.4. The molecule has 0 amide bonds. The van der Waals surface area contributed by atoms with Crippen molar-refractivity contribution >= 4 is 44.7 Å². The molecule has 0 N–H and O–H groups in total. The van der Waals surface area contributed by atoms with E-state index in [9.17, 15) is 4.79 Å². The molecule has 0 aliphatic rings. The van der Waals surface area contributed by atoms with Crippen LogP contribution in [0.25, 0.3) is 10.8 Å². The molecule has 0 bridgehead atoms. The summed E-state index contributed by atoms with van der Waals surface area (Å²) in [5.74, 6) is 0.0983. The summed E-state index contributed by atoms with van der Waals surface area (Å²) in [5.41, 5.74) is 0.763. The largest absolute Gasteiger partial charge is 0.294 e. The van der Waals surface area contributed by atoms with Gasteiger partial charge < -0.3 is 0 Å². The van der Waals surface area contributed by atoms with Crippen LogP contribution in [-0.4, -0.2) is 16.2 Å². The lowest BCUT2D eigenvalue weighted by molar-refractivity contribution is 0.100. The van der Waals surface area contributed by atoms with Crippen molar-refractivity contribution in [1.82, 2.24) is 0 Å². The van der Waals surface area contributed by atoms with Crippen LogP contribution in [0.15, 0.2) is 42.5 Å². The van der Waals surface area contributed by atoms with Gasteiger partial charge in [-0.2, -0.15) is 0 Å². The van der Waals surface area contributed by atoms with Crippen LogP contribution in [0.5, 0.6) is 0 Å². The van der Waals surface area contributed by atoms with Crippen molar-refractivity contribution < 1.29 is 4.79 Å². The Labute approximate surface area is 110 Å². The van der Waals surface area contributed by atoms with Gasteiger partial charge in [0, 0.05) is 5.56 Å². The summed E-state index contributed by atoms with van der Waals surface area (Å²) < 4.78 is 0.739. The van der Waals surface area contributed by atoms with Gasteiger partial charge in [-0.1, -0.05) is 54.7 Å². The minimum atomic E-state index is 0.0983. The van der Waals surface area contributed by atoms with E-state index in [0.717, 1.165) is 20.5 Å². The molecule has 0 aromatic heterocycles. The maximum Gasteiger partial charge on any atom is 0.169 e. The van der Waals surface area contributed by atoms with Crippen molar-refractivity contribution in [2.75, 3.05) is 6.26 Å². The quantitative estimate of drug-likeness (QED) is 0.611. The molecule has 0 radical (unpaired) electrons. The van der Waals surface area contributed by atoms with Crippen LogP contribution in [0.1, 0.15) is 16.8 Å². The lowest BCUT2D eigenvalue weighted by Crippen LogP contribution is -2.04. The maximum atomic E-state index is 12.1. The SMILES string of the molecule is CSC(=S)CC(=O)c1cccc2ccccc12. The monoisotopic (exact) mass is 260 g/mol. The second-order valence-corrected chi connectivity index (χ2v) is 5.36. The van der Waals surface area contributed by atoms with Gasteiger partial charge in [-0.15, -0.1) is 11.8 Å². The smallest absolute Gasteiger partial charge is 0.169 e. The first-order chi connectivity index (χ1) is 8.22. The maximum absolute atomic E-state index is 12.1. The Morgan fingerprint density at radius 3 is 2.65 bits per heavy atom. The Morgan fingerprint density at radius 2 is 1.88 bits per heavy atom. The number of thioether (sulfide) groups is 1. The van der Waals surface area contributed by atoms with Gasteiger partial charge in [-0.05, 0) is 17.0 Å². The van der Waals surface area contributed by atoms with Gasteiger partial charge in [0.1, 0.15) is 0 Å². The number of Topliss-reactive ketones (excluding diaryl/α,β-unsaturated/α-hetero) is 1. The van der Waals surface area contributed by atoms with Crippen LogP contribution in [0.3, 0.4) is 0 Å². The second kappa shape index (κ2) is 5.43. The third-order valence-corrected chi connectivity index (χ3v) is 3.87. The van der Waals surface area contributed by atoms with E-state index < -0.39 is 0 Å². The number of benzene rings is 2. The van der Waals surface area contributed by atoms with Crippen LogP contribution in [0.2, 0.25) is 0 Å². The highest BCUT2D eigenvalue weighted by Crippen LogP contribution is 2.20. The molecule has 0 saturated carbocycles. The molecular weight excluding hydrogens is 248 g/mol. The molecule has 2 aromatic carbocycles. The molecule has 0 aliphatic heterocycles. The minimum absolute atomic E-state index is 0.0983. The number of ketones is 1. The average Bonchev–Trinajstić information content (AvgIpc) is 2.37. The van der Waals surface area contributed by atoms with Gasteiger partial charge in [0.05, 0.1) is 10.6 Å². The van der Waals surface area contributed by atoms with Crippen molar-refractivity contribution in [3.8, 4) is 0 Å². The summed E-state index contributed by atoms with van der Waals surface area (Å²) in [6.07, 6.45) is 2.24. The van der Waals surface area contributed by atoms with Crippen LogP contribution in [-0.2, 0) is 0 Å². The standard InChI is InChI=1S/C14H12OS2/c1-17-14(16)9-13(15)12-8-4-6-10-5-2-3-7-11(10)12/h2-8H,9H2,1H3. The van der Waals surface area contributed by atoms with E-state index in [0.29, 0.717) is 6.42 Å². The van der Waals surface area contributed by atoms with E-state index in [1.807, 2.05) is 48.7 Å². The minimum Gasteiger partial charge on any atom is -0.294 e. The molecule has 0 fully saturated rings. The fraction of sp³-hybridized carbons (Fsp3) is 0.143. The Morgan fingerprint density at radius 1 is 1.18 bits per heavy atom. The van der Waals surface area contributed by atoms with E-state index in [-0.39, 0.29) is 5.78 Å². The van der Waals surface area contributed by atoms with E-state index in [2.05, 4.69) is 0 Å². The Kier molecular flexibility index (Phi) is 3.92. The van der Waals surface area contributed by atoms with E-state index in [1.54, 1.807) is 0 Å². The van der Waals surface area contributed by atoms with Crippen molar-refractivity contribution in [2.45, 2.75) is 6.42 Å². The third kappa shape index (κ3) is 2.73. The van der Waals surface area contributed by atoms with Crippen LogP contribution in [0, 0.1) is 0 Å². The molecule has 0 spiro atoms. The highest BCUT2D eigenvalue weighted by molar-refractivity contribution is 8.22. The van der Waals surface area contributed by atoms with Crippen LogP contribution in [0.4, 0.5) is 0 Å². The number of carbonyl (C=O) groups excluding carboxylic acids is 1. The zero-order valence-electron chi connectivity index (χ0n) is 9.47. The molecule has 2 aromatic rings. The highest BCUT2D eigenvalue weighted by Gasteiger charge is 2.11. The zero-order valence-corrected chi connectivity index (χ0v) is 11.1. The fourth-order valence-corrected chi connectivity index (χ4v) is 2.17. The molecule has 0 unspecified atom stereocenters. The molecule has 2 rings (SSSR count). The molecule has 0 saturated heterocycles. The molecular formula is C14H12OS2. The predicted octanol–water partition coefficient (Wildman–Crippen LogP) is 4.10. The molecule has 3 heteroatoms. The number of hydrogen-bond acceptors (Lipinski definition) is 3. The van der Waals surface area contributed by atoms with Gasteiger partial charge in [0.2, 0.25) is 0 Å². The van der Waals surface area contributed by atoms with Crippen molar-refractivity contribution in [3.05, 3.63) is 48.0 Å². The lowest BCUT2D eigenvalue weighted by Gasteiger charge is -2.05. The molecule has 0 aliphatic carbocycles. The number of carbonyl (C=O) groups is 1.